The average Bonchev–Trinajstić information content (AvgIpc) is 2.74. The van der Waals surface area contributed by atoms with Crippen molar-refractivity contribution < 1.29 is 14.3 Å². The summed E-state index contributed by atoms with van der Waals surface area (Å²) in [5.41, 5.74) is 0.295. The summed E-state index contributed by atoms with van der Waals surface area (Å²) in [6, 6.07) is 7.55. The number of nitrogens with zero attached hydrogens (tertiary/aromatic N) is 1. The Morgan fingerprint density at radius 3 is 2.68 bits per heavy atom. The van der Waals surface area contributed by atoms with Crippen LogP contribution < -0.4 is 4.90 Å². The van der Waals surface area contributed by atoms with E-state index in [1.54, 1.807) is 18.0 Å². The normalized spacial score (nSPS) is 10.5. The number of thiophene rings is 1. The highest BCUT2D eigenvalue weighted by Crippen LogP contribution is 2.26. The number of benzene rings is 1. The van der Waals surface area contributed by atoms with Crippen LogP contribution in [0.4, 0.5) is 10.1 Å². The van der Waals surface area contributed by atoms with Crippen LogP contribution in [0.1, 0.15) is 15.2 Å². The third-order valence-electron chi connectivity index (χ3n) is 2.63. The van der Waals surface area contributed by atoms with E-state index in [-0.39, 0.29) is 5.56 Å². The van der Waals surface area contributed by atoms with Crippen molar-refractivity contribution in [1.82, 2.24) is 0 Å². The van der Waals surface area contributed by atoms with Crippen molar-refractivity contribution >= 4 is 34.6 Å². The molecule has 0 amide bonds. The maximum Gasteiger partial charge on any atom is 0.335 e. The van der Waals surface area contributed by atoms with E-state index in [2.05, 4.69) is 0 Å². The van der Waals surface area contributed by atoms with E-state index in [0.717, 1.165) is 10.9 Å². The van der Waals surface area contributed by atoms with Gasteiger partial charge in [-0.1, -0.05) is 11.6 Å². The number of carbonyl (C=O) groups is 1. The van der Waals surface area contributed by atoms with E-state index in [1.807, 2.05) is 6.07 Å². The summed E-state index contributed by atoms with van der Waals surface area (Å²) < 4.78 is 14.5. The molecule has 0 aliphatic heterocycles. The molecule has 0 unspecified atom stereocenters. The van der Waals surface area contributed by atoms with Gasteiger partial charge in [0.15, 0.2) is 0 Å². The fourth-order valence-electron chi connectivity index (χ4n) is 1.71. The topological polar surface area (TPSA) is 40.5 Å². The number of carboxylic acids is 1. The van der Waals surface area contributed by atoms with Crippen molar-refractivity contribution in [2.75, 3.05) is 11.9 Å². The lowest BCUT2D eigenvalue weighted by Crippen LogP contribution is -2.17. The maximum atomic E-state index is 13.8. The van der Waals surface area contributed by atoms with Crippen LogP contribution in [0.2, 0.25) is 4.34 Å². The van der Waals surface area contributed by atoms with Crippen LogP contribution in [0, 0.1) is 5.82 Å². The first-order chi connectivity index (χ1) is 8.97. The molecular weight excluding hydrogens is 289 g/mol. The zero-order chi connectivity index (χ0) is 14.0. The van der Waals surface area contributed by atoms with Gasteiger partial charge in [0.05, 0.1) is 22.1 Å². The number of halogens is 2. The van der Waals surface area contributed by atoms with Gasteiger partial charge in [0.2, 0.25) is 0 Å². The first kappa shape index (κ1) is 13.8. The fraction of sp³-hybridized carbons (Fsp3) is 0.154. The van der Waals surface area contributed by atoms with Crippen molar-refractivity contribution in [3.8, 4) is 0 Å². The number of hydrogen-bond acceptors (Lipinski definition) is 3. The van der Waals surface area contributed by atoms with Gasteiger partial charge in [-0.3, -0.25) is 0 Å². The summed E-state index contributed by atoms with van der Waals surface area (Å²) in [5.74, 6) is -1.69. The predicted octanol–water partition coefficient (Wildman–Crippen LogP) is 3.88. The SMILES string of the molecule is CN(Cc1ccc(Cl)s1)c1ccc(C(=O)O)cc1F. The van der Waals surface area contributed by atoms with Crippen molar-refractivity contribution in [3.63, 3.8) is 0 Å². The second-order valence-electron chi connectivity index (χ2n) is 4.03. The van der Waals surface area contributed by atoms with Crippen LogP contribution in [0.25, 0.3) is 0 Å². The number of rotatable bonds is 4. The molecule has 19 heavy (non-hydrogen) atoms. The van der Waals surface area contributed by atoms with Gasteiger partial charge < -0.3 is 10.0 Å². The van der Waals surface area contributed by atoms with Crippen molar-refractivity contribution in [3.05, 3.63) is 50.9 Å². The molecule has 2 rings (SSSR count). The van der Waals surface area contributed by atoms with E-state index in [9.17, 15) is 9.18 Å². The molecule has 0 aliphatic rings. The number of anilines is 1. The zero-order valence-corrected chi connectivity index (χ0v) is 11.6. The quantitative estimate of drug-likeness (QED) is 0.931. The van der Waals surface area contributed by atoms with E-state index < -0.39 is 11.8 Å². The van der Waals surface area contributed by atoms with Gasteiger partial charge >= 0.3 is 5.97 Å². The molecule has 100 valence electrons. The van der Waals surface area contributed by atoms with Gasteiger partial charge in [-0.2, -0.15) is 0 Å². The standard InChI is InChI=1S/C13H11ClFNO2S/c1-16(7-9-3-5-12(14)19-9)11-4-2-8(13(17)18)6-10(11)15/h2-6H,7H2,1H3,(H,17,18). The molecule has 0 aliphatic carbocycles. The Morgan fingerprint density at radius 1 is 1.42 bits per heavy atom. The summed E-state index contributed by atoms with van der Waals surface area (Å²) in [6.45, 7) is 0.515. The van der Waals surface area contributed by atoms with Gasteiger partial charge in [-0.15, -0.1) is 11.3 Å². The number of hydrogen-bond donors (Lipinski definition) is 1. The lowest BCUT2D eigenvalue weighted by molar-refractivity contribution is 0.0696. The molecule has 2 aromatic rings. The molecule has 1 aromatic heterocycles. The Labute approximate surface area is 118 Å². The molecule has 0 saturated carbocycles. The Hall–Kier alpha value is -1.59. The van der Waals surface area contributed by atoms with Crippen LogP contribution >= 0.6 is 22.9 Å². The zero-order valence-electron chi connectivity index (χ0n) is 10.1. The summed E-state index contributed by atoms with van der Waals surface area (Å²) in [5, 5.41) is 8.78. The summed E-state index contributed by atoms with van der Waals surface area (Å²) in [7, 11) is 1.74. The van der Waals surface area contributed by atoms with Crippen LogP contribution in [-0.2, 0) is 6.54 Å². The molecular formula is C13H11ClFNO2S. The Balaban J connectivity index is 2.19. The van der Waals surface area contributed by atoms with Gasteiger partial charge in [0.25, 0.3) is 0 Å². The lowest BCUT2D eigenvalue weighted by atomic mass is 10.2. The molecule has 3 nitrogen and oxygen atoms in total. The first-order valence-electron chi connectivity index (χ1n) is 5.45. The molecule has 0 spiro atoms. The second kappa shape index (κ2) is 5.59. The molecule has 1 heterocycles. The predicted molar refractivity (Wildman–Crippen MR) is 74.8 cm³/mol. The number of carboxylic acid groups (broad SMARTS) is 1. The van der Waals surface area contributed by atoms with Crippen LogP contribution in [0.15, 0.2) is 30.3 Å². The average molecular weight is 300 g/mol. The maximum absolute atomic E-state index is 13.8. The van der Waals surface area contributed by atoms with Crippen LogP contribution in [0.5, 0.6) is 0 Å². The van der Waals surface area contributed by atoms with E-state index in [0.29, 0.717) is 16.6 Å². The summed E-state index contributed by atoms with van der Waals surface area (Å²) >= 11 is 7.27. The lowest BCUT2D eigenvalue weighted by Gasteiger charge is -2.19. The third-order valence-corrected chi connectivity index (χ3v) is 3.84. The minimum atomic E-state index is -1.14. The molecule has 6 heteroatoms. The smallest absolute Gasteiger partial charge is 0.335 e. The molecule has 0 radical (unpaired) electrons. The Kier molecular flexibility index (Phi) is 4.07. The highest BCUT2D eigenvalue weighted by molar-refractivity contribution is 7.16. The molecule has 0 atom stereocenters. The summed E-state index contributed by atoms with van der Waals surface area (Å²) in [6.07, 6.45) is 0. The monoisotopic (exact) mass is 299 g/mol. The van der Waals surface area contributed by atoms with Gasteiger partial charge in [-0.05, 0) is 30.3 Å². The van der Waals surface area contributed by atoms with Crippen LogP contribution in [-0.4, -0.2) is 18.1 Å². The molecule has 1 aromatic carbocycles. The molecule has 1 N–H and O–H groups in total. The second-order valence-corrected chi connectivity index (χ2v) is 5.83. The van der Waals surface area contributed by atoms with Crippen molar-refractivity contribution in [1.29, 1.82) is 0 Å². The molecule has 0 bridgehead atoms. The van der Waals surface area contributed by atoms with Crippen LogP contribution in [0.3, 0.4) is 0 Å². The van der Waals surface area contributed by atoms with E-state index in [1.165, 1.54) is 23.5 Å². The highest BCUT2D eigenvalue weighted by Gasteiger charge is 2.12. The van der Waals surface area contributed by atoms with Crippen molar-refractivity contribution in [2.24, 2.45) is 0 Å². The number of aromatic carboxylic acids is 1. The minimum absolute atomic E-state index is 0.0613. The largest absolute Gasteiger partial charge is 0.478 e. The summed E-state index contributed by atoms with van der Waals surface area (Å²) in [4.78, 5) is 13.5. The van der Waals surface area contributed by atoms with Gasteiger partial charge in [0.1, 0.15) is 5.82 Å². The Bertz CT molecular complexity index is 614. The molecule has 0 saturated heterocycles. The Morgan fingerprint density at radius 2 is 2.16 bits per heavy atom. The fourth-order valence-corrected chi connectivity index (χ4v) is 2.85. The minimum Gasteiger partial charge on any atom is -0.478 e. The van der Waals surface area contributed by atoms with Crippen molar-refractivity contribution in [2.45, 2.75) is 6.54 Å². The third kappa shape index (κ3) is 3.24. The van der Waals surface area contributed by atoms with Gasteiger partial charge in [0, 0.05) is 11.9 Å². The molecule has 0 fully saturated rings. The van der Waals surface area contributed by atoms with E-state index in [4.69, 9.17) is 16.7 Å². The van der Waals surface area contributed by atoms with E-state index >= 15 is 0 Å². The first-order valence-corrected chi connectivity index (χ1v) is 6.65. The van der Waals surface area contributed by atoms with Gasteiger partial charge in [-0.25, -0.2) is 9.18 Å². The highest BCUT2D eigenvalue weighted by atomic mass is 35.5.